The fourth-order valence-corrected chi connectivity index (χ4v) is 2.72. The summed E-state index contributed by atoms with van der Waals surface area (Å²) in [5.41, 5.74) is 3.53. The van der Waals surface area contributed by atoms with Gasteiger partial charge in [0.15, 0.2) is 0 Å². The van der Waals surface area contributed by atoms with Crippen LogP contribution in [0, 0.1) is 13.8 Å². The molecule has 0 aliphatic heterocycles. The van der Waals surface area contributed by atoms with Crippen molar-refractivity contribution >= 4 is 43.4 Å². The Hall–Kier alpha value is -0.870. The van der Waals surface area contributed by atoms with Crippen LogP contribution in [0.5, 0.6) is 0 Å². The van der Waals surface area contributed by atoms with E-state index in [-0.39, 0.29) is 0 Å². The van der Waals surface area contributed by atoms with Crippen molar-refractivity contribution in [2.75, 3.05) is 5.32 Å². The van der Waals surface area contributed by atoms with Crippen LogP contribution in [0.4, 0.5) is 11.5 Å². The number of nitrogens with zero attached hydrogens (tertiary/aromatic N) is 1. The fourth-order valence-electron chi connectivity index (χ4n) is 1.64. The number of aryl methyl sites for hydroxylation is 2. The topological polar surface area (TPSA) is 24.9 Å². The molecule has 2 nitrogen and oxygen atoms in total. The van der Waals surface area contributed by atoms with Gasteiger partial charge in [-0.25, -0.2) is 4.98 Å². The summed E-state index contributed by atoms with van der Waals surface area (Å²) in [5, 5.41) is 3.36. The Morgan fingerprint density at radius 1 is 1.12 bits per heavy atom. The van der Waals surface area contributed by atoms with Gasteiger partial charge >= 0.3 is 0 Å². The van der Waals surface area contributed by atoms with Crippen molar-refractivity contribution in [2.45, 2.75) is 13.8 Å². The molecule has 0 amide bonds. The lowest BCUT2D eigenvalue weighted by atomic mass is 10.1. The van der Waals surface area contributed by atoms with Crippen molar-refractivity contribution in [1.29, 1.82) is 0 Å². The smallest absolute Gasteiger partial charge is 0.144 e. The number of anilines is 2. The van der Waals surface area contributed by atoms with Gasteiger partial charge in [-0.1, -0.05) is 18.2 Å². The van der Waals surface area contributed by atoms with Gasteiger partial charge in [-0.15, -0.1) is 0 Å². The van der Waals surface area contributed by atoms with Crippen molar-refractivity contribution in [1.82, 2.24) is 4.98 Å². The van der Waals surface area contributed by atoms with Crippen molar-refractivity contribution in [3.63, 3.8) is 0 Å². The maximum Gasteiger partial charge on any atom is 0.144 e. The Morgan fingerprint density at radius 3 is 2.35 bits per heavy atom. The minimum atomic E-state index is 0.825. The first-order valence-electron chi connectivity index (χ1n) is 5.22. The molecule has 2 aromatic rings. The summed E-state index contributed by atoms with van der Waals surface area (Å²) in [6.07, 6.45) is 1.78. The van der Waals surface area contributed by atoms with E-state index in [2.05, 4.69) is 74.2 Å². The molecule has 0 saturated heterocycles. The van der Waals surface area contributed by atoms with E-state index in [1.165, 1.54) is 11.1 Å². The van der Waals surface area contributed by atoms with Crippen molar-refractivity contribution in [3.8, 4) is 0 Å². The summed E-state index contributed by atoms with van der Waals surface area (Å²) in [5.74, 6) is 0.825. The first-order valence-corrected chi connectivity index (χ1v) is 6.81. The van der Waals surface area contributed by atoms with Gasteiger partial charge in [-0.05, 0) is 62.9 Å². The van der Waals surface area contributed by atoms with Crippen LogP contribution in [0.2, 0.25) is 0 Å². The number of pyridine rings is 1. The highest BCUT2D eigenvalue weighted by molar-refractivity contribution is 9.11. The molecule has 17 heavy (non-hydrogen) atoms. The number of nitrogens with one attached hydrogen (secondary N) is 1. The van der Waals surface area contributed by atoms with Gasteiger partial charge in [-0.2, -0.15) is 0 Å². The molecule has 0 saturated carbocycles. The van der Waals surface area contributed by atoms with E-state index in [0.717, 1.165) is 20.5 Å². The monoisotopic (exact) mass is 354 g/mol. The molecular weight excluding hydrogens is 344 g/mol. The minimum absolute atomic E-state index is 0.825. The lowest BCUT2D eigenvalue weighted by molar-refractivity contribution is 1.25. The van der Waals surface area contributed by atoms with E-state index in [4.69, 9.17) is 0 Å². The van der Waals surface area contributed by atoms with Gasteiger partial charge in [0.25, 0.3) is 0 Å². The van der Waals surface area contributed by atoms with Crippen LogP contribution in [0.3, 0.4) is 0 Å². The zero-order valence-electron chi connectivity index (χ0n) is 9.59. The average Bonchev–Trinajstić information content (AvgIpc) is 2.26. The zero-order chi connectivity index (χ0) is 12.4. The number of hydrogen-bond donors (Lipinski definition) is 1. The lowest BCUT2D eigenvalue weighted by Gasteiger charge is -2.13. The highest BCUT2D eigenvalue weighted by Crippen LogP contribution is 2.29. The third-order valence-electron chi connectivity index (χ3n) is 2.53. The van der Waals surface area contributed by atoms with E-state index in [1.54, 1.807) is 6.20 Å². The van der Waals surface area contributed by atoms with Gasteiger partial charge in [0.1, 0.15) is 5.82 Å². The Balaban J connectivity index is 2.38. The highest BCUT2D eigenvalue weighted by Gasteiger charge is 2.06. The molecule has 0 radical (unpaired) electrons. The van der Waals surface area contributed by atoms with Crippen molar-refractivity contribution in [2.24, 2.45) is 0 Å². The summed E-state index contributed by atoms with van der Waals surface area (Å²) in [4.78, 5) is 4.35. The van der Waals surface area contributed by atoms with Crippen LogP contribution >= 0.6 is 31.9 Å². The number of benzene rings is 1. The molecule has 0 unspecified atom stereocenters. The maximum atomic E-state index is 4.35. The van der Waals surface area contributed by atoms with Crippen molar-refractivity contribution in [3.05, 3.63) is 50.5 Å². The Bertz CT molecular complexity index is 533. The number of rotatable bonds is 2. The van der Waals surface area contributed by atoms with E-state index < -0.39 is 0 Å². The van der Waals surface area contributed by atoms with Crippen LogP contribution in [0.25, 0.3) is 0 Å². The van der Waals surface area contributed by atoms with E-state index >= 15 is 0 Å². The Kier molecular flexibility index (Phi) is 3.84. The Morgan fingerprint density at radius 2 is 1.76 bits per heavy atom. The number of para-hydroxylation sites is 1. The predicted octanol–water partition coefficient (Wildman–Crippen LogP) is 4.97. The summed E-state index contributed by atoms with van der Waals surface area (Å²) in [6, 6.07) is 8.20. The predicted molar refractivity (Wildman–Crippen MR) is 78.8 cm³/mol. The molecule has 88 valence electrons. The number of aromatic nitrogens is 1. The first-order chi connectivity index (χ1) is 8.08. The zero-order valence-corrected chi connectivity index (χ0v) is 12.8. The molecule has 0 aliphatic carbocycles. The third-order valence-corrected chi connectivity index (χ3v) is 3.57. The first kappa shape index (κ1) is 12.6. The number of halogens is 2. The molecule has 1 aromatic heterocycles. The van der Waals surface area contributed by atoms with Crippen LogP contribution < -0.4 is 5.32 Å². The molecule has 0 fully saturated rings. The van der Waals surface area contributed by atoms with Crippen LogP contribution in [-0.4, -0.2) is 4.98 Å². The molecular formula is C13H12Br2N2. The SMILES string of the molecule is Cc1cccc(C)c1Nc1ncc(Br)cc1Br. The molecule has 0 bridgehead atoms. The molecule has 0 aliphatic rings. The highest BCUT2D eigenvalue weighted by atomic mass is 79.9. The van der Waals surface area contributed by atoms with Crippen LogP contribution in [0.1, 0.15) is 11.1 Å². The fraction of sp³-hybridized carbons (Fsp3) is 0.154. The molecule has 1 aromatic carbocycles. The molecule has 4 heteroatoms. The van der Waals surface area contributed by atoms with Gasteiger partial charge in [-0.3, -0.25) is 0 Å². The van der Waals surface area contributed by atoms with Gasteiger partial charge < -0.3 is 5.32 Å². The van der Waals surface area contributed by atoms with E-state index in [9.17, 15) is 0 Å². The summed E-state index contributed by atoms with van der Waals surface area (Å²) >= 11 is 6.89. The second-order valence-corrected chi connectivity index (χ2v) is 5.65. The molecule has 0 spiro atoms. The molecule has 1 N–H and O–H groups in total. The Labute approximate surface area is 118 Å². The standard InChI is InChI=1S/C13H12Br2N2/c1-8-4-3-5-9(2)12(8)17-13-11(15)6-10(14)7-16-13/h3-7H,1-2H3,(H,16,17). The molecule has 0 atom stereocenters. The van der Waals surface area contributed by atoms with Gasteiger partial charge in [0.2, 0.25) is 0 Å². The molecule has 1 heterocycles. The summed E-state index contributed by atoms with van der Waals surface area (Å²) < 4.78 is 1.89. The second-order valence-electron chi connectivity index (χ2n) is 3.88. The maximum absolute atomic E-state index is 4.35. The molecule has 2 rings (SSSR count). The lowest BCUT2D eigenvalue weighted by Crippen LogP contribution is -1.98. The average molecular weight is 356 g/mol. The summed E-state index contributed by atoms with van der Waals surface area (Å²) in [7, 11) is 0. The van der Waals surface area contributed by atoms with E-state index in [1.807, 2.05) is 6.07 Å². The normalized spacial score (nSPS) is 10.4. The summed E-state index contributed by atoms with van der Waals surface area (Å²) in [6.45, 7) is 4.17. The van der Waals surface area contributed by atoms with E-state index in [0.29, 0.717) is 0 Å². The largest absolute Gasteiger partial charge is 0.339 e. The van der Waals surface area contributed by atoms with Gasteiger partial charge in [0, 0.05) is 16.4 Å². The third kappa shape index (κ3) is 2.87. The second kappa shape index (κ2) is 5.19. The number of hydrogen-bond acceptors (Lipinski definition) is 2. The van der Waals surface area contributed by atoms with Gasteiger partial charge in [0.05, 0.1) is 4.47 Å². The van der Waals surface area contributed by atoms with Crippen LogP contribution in [0.15, 0.2) is 39.4 Å². The minimum Gasteiger partial charge on any atom is -0.339 e. The van der Waals surface area contributed by atoms with Crippen LogP contribution in [-0.2, 0) is 0 Å². The quantitative estimate of drug-likeness (QED) is 0.822. The van der Waals surface area contributed by atoms with Crippen molar-refractivity contribution < 1.29 is 0 Å².